The van der Waals surface area contributed by atoms with E-state index in [0.717, 1.165) is 11.3 Å². The fourth-order valence-corrected chi connectivity index (χ4v) is 2.57. The Morgan fingerprint density at radius 1 is 1.23 bits per heavy atom. The molecule has 2 aromatic carbocycles. The molecule has 0 aliphatic heterocycles. The lowest BCUT2D eigenvalue weighted by molar-refractivity contribution is -0.384. The summed E-state index contributed by atoms with van der Waals surface area (Å²) >= 11 is 0. The van der Waals surface area contributed by atoms with Crippen LogP contribution < -0.4 is 10.1 Å². The molecule has 0 atom stereocenters. The van der Waals surface area contributed by atoms with E-state index in [2.05, 4.69) is 5.32 Å². The van der Waals surface area contributed by atoms with Crippen LogP contribution in [0.25, 0.3) is 0 Å². The number of benzene rings is 2. The molecule has 0 heterocycles. The van der Waals surface area contributed by atoms with Gasteiger partial charge in [-0.2, -0.15) is 0 Å². The number of para-hydroxylation sites is 2. The van der Waals surface area contributed by atoms with Crippen LogP contribution in [0.1, 0.15) is 18.4 Å². The lowest BCUT2D eigenvalue weighted by atomic mass is 10.2. The Hall–Kier alpha value is -3.09. The Bertz CT molecular complexity index is 764. The zero-order valence-corrected chi connectivity index (χ0v) is 15.0. The van der Waals surface area contributed by atoms with Gasteiger partial charge < -0.3 is 15.0 Å². The third-order valence-electron chi connectivity index (χ3n) is 3.96. The minimum absolute atomic E-state index is 0.0252. The smallest absolute Gasteiger partial charge is 0.292 e. The van der Waals surface area contributed by atoms with Gasteiger partial charge in [0.15, 0.2) is 0 Å². The Morgan fingerprint density at radius 2 is 2.00 bits per heavy atom. The van der Waals surface area contributed by atoms with Crippen LogP contribution in [0.3, 0.4) is 0 Å². The van der Waals surface area contributed by atoms with Crippen LogP contribution in [0, 0.1) is 10.1 Å². The number of hydrogen-bond acceptors (Lipinski definition) is 5. The second-order valence-corrected chi connectivity index (χ2v) is 5.91. The lowest BCUT2D eigenvalue weighted by Gasteiger charge is -2.18. The predicted molar refractivity (Wildman–Crippen MR) is 100 cm³/mol. The minimum Gasteiger partial charge on any atom is -0.497 e. The standard InChI is InChI=1S/C19H23N3O4/c1-21(14-15-7-5-8-16(13-15)26-2)19(23)11-6-12-20-17-9-3-4-10-18(17)22(24)25/h3-5,7-10,13,20H,6,11-12,14H2,1-2H3. The summed E-state index contributed by atoms with van der Waals surface area (Å²) in [6.07, 6.45) is 0.960. The Morgan fingerprint density at radius 3 is 2.73 bits per heavy atom. The predicted octanol–water partition coefficient (Wildman–Crippen LogP) is 3.45. The van der Waals surface area contributed by atoms with Crippen LogP contribution in [-0.2, 0) is 11.3 Å². The molecular weight excluding hydrogens is 334 g/mol. The summed E-state index contributed by atoms with van der Waals surface area (Å²) in [6.45, 7) is 0.997. The highest BCUT2D eigenvalue weighted by Crippen LogP contribution is 2.23. The fourth-order valence-electron chi connectivity index (χ4n) is 2.57. The number of nitrogens with one attached hydrogen (secondary N) is 1. The van der Waals surface area contributed by atoms with Crippen molar-refractivity contribution in [1.82, 2.24) is 4.90 Å². The summed E-state index contributed by atoms with van der Waals surface area (Å²) in [7, 11) is 3.37. The van der Waals surface area contributed by atoms with E-state index in [4.69, 9.17) is 4.74 Å². The van der Waals surface area contributed by atoms with Crippen LogP contribution in [0.4, 0.5) is 11.4 Å². The zero-order chi connectivity index (χ0) is 18.9. The monoisotopic (exact) mass is 357 g/mol. The van der Waals surface area contributed by atoms with Gasteiger partial charge in [-0.1, -0.05) is 24.3 Å². The molecule has 7 heteroatoms. The molecule has 0 fully saturated rings. The fraction of sp³-hybridized carbons (Fsp3) is 0.316. The molecule has 7 nitrogen and oxygen atoms in total. The van der Waals surface area contributed by atoms with Gasteiger partial charge in [-0.05, 0) is 30.2 Å². The van der Waals surface area contributed by atoms with E-state index in [1.807, 2.05) is 24.3 Å². The van der Waals surface area contributed by atoms with Crippen LogP contribution in [0.2, 0.25) is 0 Å². The second-order valence-electron chi connectivity index (χ2n) is 5.91. The van der Waals surface area contributed by atoms with Crippen LogP contribution >= 0.6 is 0 Å². The first kappa shape index (κ1) is 19.2. The number of carbonyl (C=O) groups excluding carboxylic acids is 1. The summed E-state index contributed by atoms with van der Waals surface area (Å²) < 4.78 is 5.19. The van der Waals surface area contributed by atoms with E-state index in [-0.39, 0.29) is 11.6 Å². The molecule has 0 radical (unpaired) electrons. The summed E-state index contributed by atoms with van der Waals surface area (Å²) in [4.78, 5) is 24.5. The number of anilines is 1. The number of hydrogen-bond donors (Lipinski definition) is 1. The number of methoxy groups -OCH3 is 1. The number of rotatable bonds is 9. The maximum Gasteiger partial charge on any atom is 0.292 e. The molecule has 0 aliphatic rings. The van der Waals surface area contributed by atoms with Crippen molar-refractivity contribution in [2.45, 2.75) is 19.4 Å². The second kappa shape index (κ2) is 9.41. The average molecular weight is 357 g/mol. The quantitative estimate of drug-likeness (QED) is 0.422. The van der Waals surface area contributed by atoms with Crippen molar-refractivity contribution in [3.05, 3.63) is 64.2 Å². The van der Waals surface area contributed by atoms with Gasteiger partial charge in [0.25, 0.3) is 5.69 Å². The maximum absolute atomic E-state index is 12.2. The highest BCUT2D eigenvalue weighted by atomic mass is 16.6. The Labute approximate surface area is 152 Å². The van der Waals surface area contributed by atoms with Gasteiger partial charge in [-0.3, -0.25) is 14.9 Å². The van der Waals surface area contributed by atoms with Crippen LogP contribution in [-0.4, -0.2) is 36.4 Å². The number of nitro benzene ring substituents is 1. The summed E-state index contributed by atoms with van der Waals surface area (Å²) in [5.74, 6) is 0.786. The SMILES string of the molecule is COc1cccc(CN(C)C(=O)CCCNc2ccccc2[N+](=O)[O-])c1. The van der Waals surface area contributed by atoms with E-state index in [1.54, 1.807) is 37.3 Å². The largest absolute Gasteiger partial charge is 0.497 e. The van der Waals surface area contributed by atoms with Gasteiger partial charge in [0.1, 0.15) is 11.4 Å². The van der Waals surface area contributed by atoms with Gasteiger partial charge in [-0.15, -0.1) is 0 Å². The first-order valence-corrected chi connectivity index (χ1v) is 8.35. The van der Waals surface area contributed by atoms with Crippen molar-refractivity contribution in [1.29, 1.82) is 0 Å². The molecule has 0 aliphatic carbocycles. The lowest BCUT2D eigenvalue weighted by Crippen LogP contribution is -2.26. The van der Waals surface area contributed by atoms with Gasteiger partial charge in [-0.25, -0.2) is 0 Å². The van der Waals surface area contributed by atoms with E-state index < -0.39 is 4.92 Å². The van der Waals surface area contributed by atoms with Crippen molar-refractivity contribution in [3.8, 4) is 5.75 Å². The molecule has 0 aromatic heterocycles. The zero-order valence-electron chi connectivity index (χ0n) is 15.0. The minimum atomic E-state index is -0.421. The number of nitrogens with zero attached hydrogens (tertiary/aromatic N) is 2. The molecule has 0 unspecified atom stereocenters. The van der Waals surface area contributed by atoms with E-state index in [9.17, 15) is 14.9 Å². The van der Waals surface area contributed by atoms with E-state index in [0.29, 0.717) is 31.6 Å². The summed E-state index contributed by atoms with van der Waals surface area (Å²) in [5, 5.41) is 14.0. The van der Waals surface area contributed by atoms with E-state index in [1.165, 1.54) is 6.07 Å². The molecule has 1 amide bonds. The van der Waals surface area contributed by atoms with Crippen molar-refractivity contribution >= 4 is 17.3 Å². The van der Waals surface area contributed by atoms with E-state index >= 15 is 0 Å². The molecule has 2 aromatic rings. The van der Waals surface area contributed by atoms with Crippen molar-refractivity contribution < 1.29 is 14.5 Å². The molecule has 0 bridgehead atoms. The molecular formula is C19H23N3O4. The molecule has 0 spiro atoms. The van der Waals surface area contributed by atoms with Crippen LogP contribution in [0.5, 0.6) is 5.75 Å². The molecule has 0 saturated heterocycles. The first-order valence-electron chi connectivity index (χ1n) is 8.35. The average Bonchev–Trinajstić information content (AvgIpc) is 2.65. The number of carbonyl (C=O) groups is 1. The van der Waals surface area contributed by atoms with Crippen molar-refractivity contribution in [2.24, 2.45) is 0 Å². The topological polar surface area (TPSA) is 84.7 Å². The van der Waals surface area contributed by atoms with Gasteiger partial charge in [0, 0.05) is 32.6 Å². The number of amides is 1. The Balaban J connectivity index is 1.78. The third-order valence-corrected chi connectivity index (χ3v) is 3.96. The maximum atomic E-state index is 12.2. The molecule has 2 rings (SSSR count). The summed E-state index contributed by atoms with van der Waals surface area (Å²) in [5.41, 5.74) is 1.50. The summed E-state index contributed by atoms with van der Waals surface area (Å²) in [6, 6.07) is 14.1. The van der Waals surface area contributed by atoms with Gasteiger partial charge in [0.05, 0.1) is 12.0 Å². The number of ether oxygens (including phenoxy) is 1. The van der Waals surface area contributed by atoms with Crippen molar-refractivity contribution in [2.75, 3.05) is 26.0 Å². The molecule has 26 heavy (non-hydrogen) atoms. The molecule has 138 valence electrons. The normalized spacial score (nSPS) is 10.2. The first-order chi connectivity index (χ1) is 12.5. The number of nitro groups is 1. The highest BCUT2D eigenvalue weighted by Gasteiger charge is 2.13. The third kappa shape index (κ3) is 5.47. The van der Waals surface area contributed by atoms with Crippen LogP contribution in [0.15, 0.2) is 48.5 Å². The van der Waals surface area contributed by atoms with Gasteiger partial charge in [0.2, 0.25) is 5.91 Å². The molecule has 0 saturated carbocycles. The van der Waals surface area contributed by atoms with Gasteiger partial charge >= 0.3 is 0 Å². The van der Waals surface area contributed by atoms with Crippen molar-refractivity contribution in [3.63, 3.8) is 0 Å². The molecule has 1 N–H and O–H groups in total. The highest BCUT2D eigenvalue weighted by molar-refractivity contribution is 5.76. The Kier molecular flexibility index (Phi) is 6.96.